The van der Waals surface area contributed by atoms with Crippen LogP contribution in [0.1, 0.15) is 17.2 Å². The third-order valence-corrected chi connectivity index (χ3v) is 2.84. The van der Waals surface area contributed by atoms with Crippen molar-refractivity contribution in [3.8, 4) is 0 Å². The molecule has 2 aromatic carbocycles. The zero-order valence-corrected chi connectivity index (χ0v) is 9.99. The summed E-state index contributed by atoms with van der Waals surface area (Å²) in [5.41, 5.74) is 0.638. The molecule has 1 unspecified atom stereocenters. The molecule has 0 spiro atoms. The number of aliphatic hydroxyl groups excluding tert-OH is 1. The zero-order valence-electron chi connectivity index (χ0n) is 9.99. The first-order valence-corrected chi connectivity index (χ1v) is 5.74. The first kappa shape index (κ1) is 13.2. The van der Waals surface area contributed by atoms with Crippen LogP contribution in [0.5, 0.6) is 0 Å². The Labute approximate surface area is 109 Å². The van der Waals surface area contributed by atoms with Crippen molar-refractivity contribution in [1.29, 1.82) is 0 Å². The van der Waals surface area contributed by atoms with E-state index in [9.17, 15) is 19.6 Å². The second kappa shape index (κ2) is 5.58. The van der Waals surface area contributed by atoms with E-state index in [-0.39, 0.29) is 17.7 Å². The maximum absolute atomic E-state index is 13.2. The Morgan fingerprint density at radius 2 is 1.89 bits per heavy atom. The highest BCUT2D eigenvalue weighted by molar-refractivity contribution is 5.41. The normalized spacial score (nSPS) is 12.1. The van der Waals surface area contributed by atoms with E-state index >= 15 is 0 Å². The molecular formula is C14H12FNO3. The predicted octanol–water partition coefficient (Wildman–Crippen LogP) is 3.01. The minimum Gasteiger partial charge on any atom is -0.388 e. The highest BCUT2D eigenvalue weighted by Gasteiger charge is 2.18. The number of benzene rings is 2. The van der Waals surface area contributed by atoms with Crippen LogP contribution in [0.3, 0.4) is 0 Å². The van der Waals surface area contributed by atoms with Crippen molar-refractivity contribution < 1.29 is 14.4 Å². The fraction of sp³-hybridized carbons (Fsp3) is 0.143. The Hall–Kier alpha value is -2.27. The third-order valence-electron chi connectivity index (χ3n) is 2.84. The van der Waals surface area contributed by atoms with Crippen LogP contribution in [0.2, 0.25) is 0 Å². The Kier molecular flexibility index (Phi) is 3.87. The summed E-state index contributed by atoms with van der Waals surface area (Å²) in [6.07, 6.45) is -0.903. The number of aliphatic hydroxyl groups is 1. The number of nitro groups is 1. The van der Waals surface area contributed by atoms with Gasteiger partial charge in [-0.3, -0.25) is 10.1 Å². The summed E-state index contributed by atoms with van der Waals surface area (Å²) >= 11 is 0. The summed E-state index contributed by atoms with van der Waals surface area (Å²) in [5.74, 6) is -0.555. The van der Waals surface area contributed by atoms with Gasteiger partial charge in [-0.05, 0) is 17.7 Å². The molecular weight excluding hydrogens is 249 g/mol. The number of nitro benzene ring substituents is 1. The van der Waals surface area contributed by atoms with E-state index in [1.165, 1.54) is 0 Å². The smallest absolute Gasteiger partial charge is 0.272 e. The maximum Gasteiger partial charge on any atom is 0.272 e. The van der Waals surface area contributed by atoms with Gasteiger partial charge in [-0.25, -0.2) is 4.39 Å². The van der Waals surface area contributed by atoms with Gasteiger partial charge in [0, 0.05) is 18.1 Å². The van der Waals surface area contributed by atoms with Crippen LogP contribution >= 0.6 is 0 Å². The van der Waals surface area contributed by atoms with Crippen molar-refractivity contribution in [2.24, 2.45) is 0 Å². The van der Waals surface area contributed by atoms with Crippen molar-refractivity contribution >= 4 is 5.69 Å². The molecule has 0 aliphatic rings. The highest BCUT2D eigenvalue weighted by atomic mass is 19.1. The maximum atomic E-state index is 13.2. The van der Waals surface area contributed by atoms with E-state index in [0.29, 0.717) is 5.56 Å². The van der Waals surface area contributed by atoms with Gasteiger partial charge in [-0.2, -0.15) is 0 Å². The fourth-order valence-corrected chi connectivity index (χ4v) is 1.90. The summed E-state index contributed by atoms with van der Waals surface area (Å²) in [6, 6.07) is 12.0. The van der Waals surface area contributed by atoms with Gasteiger partial charge in [0.1, 0.15) is 5.82 Å². The van der Waals surface area contributed by atoms with E-state index in [0.717, 1.165) is 18.2 Å². The standard InChI is InChI=1S/C14H12FNO3/c15-12-6-7-13(16(18)19)11(8-12)9-14(17)10-4-2-1-3-5-10/h1-8,14,17H,9H2. The van der Waals surface area contributed by atoms with Gasteiger partial charge in [0.2, 0.25) is 0 Å². The molecule has 0 aliphatic heterocycles. The van der Waals surface area contributed by atoms with Gasteiger partial charge >= 0.3 is 0 Å². The molecule has 0 saturated heterocycles. The van der Waals surface area contributed by atoms with Crippen LogP contribution in [0.25, 0.3) is 0 Å². The van der Waals surface area contributed by atoms with Crippen LogP contribution in [0, 0.1) is 15.9 Å². The average Bonchev–Trinajstić information content (AvgIpc) is 2.39. The topological polar surface area (TPSA) is 63.4 Å². The van der Waals surface area contributed by atoms with E-state index in [1.54, 1.807) is 30.3 Å². The molecule has 0 aromatic heterocycles. The number of hydrogen-bond acceptors (Lipinski definition) is 3. The average molecular weight is 261 g/mol. The van der Waals surface area contributed by atoms with Crippen molar-refractivity contribution in [3.63, 3.8) is 0 Å². The number of halogens is 1. The van der Waals surface area contributed by atoms with Crippen molar-refractivity contribution in [2.75, 3.05) is 0 Å². The van der Waals surface area contributed by atoms with Gasteiger partial charge in [-0.15, -0.1) is 0 Å². The van der Waals surface area contributed by atoms with Crippen LogP contribution in [-0.4, -0.2) is 10.0 Å². The zero-order chi connectivity index (χ0) is 13.8. The molecule has 19 heavy (non-hydrogen) atoms. The Balaban J connectivity index is 2.28. The molecule has 1 atom stereocenters. The SMILES string of the molecule is O=[N+]([O-])c1ccc(F)cc1CC(O)c1ccccc1. The lowest BCUT2D eigenvalue weighted by Crippen LogP contribution is -2.04. The van der Waals surface area contributed by atoms with Crippen molar-refractivity contribution in [1.82, 2.24) is 0 Å². The molecule has 98 valence electrons. The molecule has 1 N–H and O–H groups in total. The van der Waals surface area contributed by atoms with Crippen LogP contribution in [0.4, 0.5) is 10.1 Å². The molecule has 0 saturated carbocycles. The predicted molar refractivity (Wildman–Crippen MR) is 68.2 cm³/mol. The van der Waals surface area contributed by atoms with Gasteiger partial charge in [0.05, 0.1) is 11.0 Å². The first-order valence-electron chi connectivity index (χ1n) is 5.74. The monoisotopic (exact) mass is 261 g/mol. The number of nitrogens with zero attached hydrogens (tertiary/aromatic N) is 1. The molecule has 0 aliphatic carbocycles. The van der Waals surface area contributed by atoms with E-state index in [1.807, 2.05) is 0 Å². The first-order chi connectivity index (χ1) is 9.08. The molecule has 2 rings (SSSR count). The summed E-state index contributed by atoms with van der Waals surface area (Å²) in [7, 11) is 0. The lowest BCUT2D eigenvalue weighted by molar-refractivity contribution is -0.385. The van der Waals surface area contributed by atoms with E-state index < -0.39 is 16.8 Å². The molecule has 0 radical (unpaired) electrons. The summed E-state index contributed by atoms with van der Waals surface area (Å²) in [6.45, 7) is 0. The second-order valence-electron chi connectivity index (χ2n) is 4.16. The van der Waals surface area contributed by atoms with E-state index in [2.05, 4.69) is 0 Å². The van der Waals surface area contributed by atoms with Crippen molar-refractivity contribution in [2.45, 2.75) is 12.5 Å². The van der Waals surface area contributed by atoms with E-state index in [4.69, 9.17) is 0 Å². The minimum absolute atomic E-state index is 0.00190. The van der Waals surface area contributed by atoms with Gasteiger partial charge < -0.3 is 5.11 Å². The fourth-order valence-electron chi connectivity index (χ4n) is 1.90. The minimum atomic E-state index is -0.901. The summed E-state index contributed by atoms with van der Waals surface area (Å²) in [5, 5.41) is 20.9. The molecule has 4 nitrogen and oxygen atoms in total. The molecule has 0 amide bonds. The Morgan fingerprint density at radius 3 is 2.53 bits per heavy atom. The van der Waals surface area contributed by atoms with Crippen LogP contribution in [0.15, 0.2) is 48.5 Å². The largest absolute Gasteiger partial charge is 0.388 e. The van der Waals surface area contributed by atoms with Gasteiger partial charge in [0.15, 0.2) is 0 Å². The van der Waals surface area contributed by atoms with Crippen LogP contribution in [-0.2, 0) is 6.42 Å². The van der Waals surface area contributed by atoms with Crippen molar-refractivity contribution in [3.05, 3.63) is 75.6 Å². The number of hydrogen-bond donors (Lipinski definition) is 1. The lowest BCUT2D eigenvalue weighted by Gasteiger charge is -2.11. The highest BCUT2D eigenvalue weighted by Crippen LogP contribution is 2.25. The summed E-state index contributed by atoms with van der Waals surface area (Å²) < 4.78 is 13.2. The van der Waals surface area contributed by atoms with Gasteiger partial charge in [-0.1, -0.05) is 30.3 Å². The molecule has 0 heterocycles. The summed E-state index contributed by atoms with van der Waals surface area (Å²) in [4.78, 5) is 10.3. The van der Waals surface area contributed by atoms with Gasteiger partial charge in [0.25, 0.3) is 5.69 Å². The second-order valence-corrected chi connectivity index (χ2v) is 4.16. The quantitative estimate of drug-likeness (QED) is 0.679. The molecule has 2 aromatic rings. The molecule has 0 bridgehead atoms. The lowest BCUT2D eigenvalue weighted by atomic mass is 10.0. The van der Waals surface area contributed by atoms with Crippen LogP contribution < -0.4 is 0 Å². The molecule has 0 fully saturated rings. The third kappa shape index (κ3) is 3.14. The Morgan fingerprint density at radius 1 is 1.21 bits per heavy atom. The molecule has 5 heteroatoms. The number of rotatable bonds is 4. The Bertz CT molecular complexity index is 586.